The van der Waals surface area contributed by atoms with Crippen LogP contribution in [0.3, 0.4) is 0 Å². The van der Waals surface area contributed by atoms with Gasteiger partial charge in [-0.25, -0.2) is 13.6 Å². The third-order valence-corrected chi connectivity index (χ3v) is 6.44. The molecule has 4 heterocycles. The van der Waals surface area contributed by atoms with Crippen LogP contribution in [0.15, 0.2) is 18.2 Å². The summed E-state index contributed by atoms with van der Waals surface area (Å²) in [6.07, 6.45) is 4.14. The molecular weight excluding hydrogens is 336 g/mol. The van der Waals surface area contributed by atoms with Crippen molar-refractivity contribution in [1.29, 1.82) is 0 Å². The van der Waals surface area contributed by atoms with E-state index in [0.717, 1.165) is 44.8 Å². The van der Waals surface area contributed by atoms with Crippen LogP contribution >= 0.6 is 0 Å². The lowest BCUT2D eigenvalue weighted by atomic mass is 9.75. The summed E-state index contributed by atoms with van der Waals surface area (Å²) < 4.78 is 28.3. The fourth-order valence-corrected chi connectivity index (χ4v) is 5.21. The van der Waals surface area contributed by atoms with Gasteiger partial charge in [-0.3, -0.25) is 4.90 Å². The summed E-state index contributed by atoms with van der Waals surface area (Å²) in [5, 5.41) is 3.02. The highest BCUT2D eigenvalue weighted by molar-refractivity contribution is 5.75. The van der Waals surface area contributed by atoms with Crippen molar-refractivity contribution in [3.63, 3.8) is 0 Å². The van der Waals surface area contributed by atoms with E-state index in [1.54, 1.807) is 12.1 Å². The number of carbonyl (C=O) groups excluding carboxylic acids is 1. The maximum absolute atomic E-state index is 14.5. The largest absolute Gasteiger partial charge is 0.338 e. The van der Waals surface area contributed by atoms with Crippen molar-refractivity contribution in [2.45, 2.75) is 50.6 Å². The van der Waals surface area contributed by atoms with Gasteiger partial charge in [-0.05, 0) is 49.9 Å². The number of unbranched alkanes of at least 4 members (excludes halogenated alkanes) is 1. The molecule has 1 aromatic carbocycles. The fourth-order valence-electron chi connectivity index (χ4n) is 5.21. The predicted molar refractivity (Wildman–Crippen MR) is 96.0 cm³/mol. The molecule has 4 fully saturated rings. The van der Waals surface area contributed by atoms with Crippen LogP contribution < -0.4 is 5.32 Å². The van der Waals surface area contributed by atoms with Crippen molar-refractivity contribution >= 4 is 6.03 Å². The Hall–Kier alpha value is -1.69. The topological polar surface area (TPSA) is 35.6 Å². The zero-order chi connectivity index (χ0) is 18.3. The van der Waals surface area contributed by atoms with Crippen LogP contribution in [0, 0.1) is 17.6 Å². The van der Waals surface area contributed by atoms with Gasteiger partial charge < -0.3 is 10.2 Å². The number of piperidine rings is 3. The van der Waals surface area contributed by atoms with Crippen LogP contribution in [0.1, 0.15) is 44.1 Å². The van der Waals surface area contributed by atoms with E-state index in [0.29, 0.717) is 24.6 Å². The second-order valence-electron chi connectivity index (χ2n) is 7.84. The molecule has 3 atom stereocenters. The van der Waals surface area contributed by atoms with Crippen LogP contribution in [-0.4, -0.2) is 54.1 Å². The average Bonchev–Trinajstić information content (AvgIpc) is 3.08. The maximum atomic E-state index is 14.5. The summed E-state index contributed by atoms with van der Waals surface area (Å²) in [5.41, 5.74) is 0.413. The minimum absolute atomic E-state index is 0.0542. The van der Waals surface area contributed by atoms with Crippen molar-refractivity contribution in [3.8, 4) is 0 Å². The molecular formula is C20H27F2N3O. The number of nitrogens with one attached hydrogen (secondary N) is 1. The SMILES string of the molecule is CCCCNC(=O)N1C[C@@H](c2cccc(F)c2F)[C@@H]2[C@H]1C1CCN2CC1. The molecule has 0 saturated carbocycles. The van der Waals surface area contributed by atoms with Gasteiger partial charge >= 0.3 is 6.03 Å². The number of hydrogen-bond donors (Lipinski definition) is 1. The number of halogens is 2. The second-order valence-corrected chi connectivity index (χ2v) is 7.84. The van der Waals surface area contributed by atoms with Gasteiger partial charge in [0.1, 0.15) is 0 Å². The lowest BCUT2D eigenvalue weighted by Gasteiger charge is -2.51. The minimum atomic E-state index is -0.805. The molecule has 4 saturated heterocycles. The zero-order valence-corrected chi connectivity index (χ0v) is 15.3. The molecule has 2 bridgehead atoms. The summed E-state index contributed by atoms with van der Waals surface area (Å²) in [6, 6.07) is 4.56. The molecule has 2 amide bonds. The predicted octanol–water partition coefficient (Wildman–Crippen LogP) is 3.34. The third-order valence-electron chi connectivity index (χ3n) is 6.44. The standard InChI is InChI=1S/C20H27F2N3O/c1-2-3-9-23-20(26)25-12-15(14-5-4-6-16(21)17(14)22)19-18(25)13-7-10-24(19)11-8-13/h4-6,13,15,18-19H,2-3,7-12H2,1H3,(H,23,26)/t15-,18+,19+/m0/s1. The first kappa shape index (κ1) is 17.7. The average molecular weight is 363 g/mol. The molecule has 0 unspecified atom stereocenters. The highest BCUT2D eigenvalue weighted by atomic mass is 19.2. The Balaban J connectivity index is 1.64. The molecule has 0 aromatic heterocycles. The summed E-state index contributed by atoms with van der Waals surface area (Å²) >= 11 is 0. The Morgan fingerprint density at radius 3 is 2.73 bits per heavy atom. The van der Waals surface area contributed by atoms with E-state index in [2.05, 4.69) is 17.1 Å². The van der Waals surface area contributed by atoms with Gasteiger partial charge in [0.25, 0.3) is 0 Å². The van der Waals surface area contributed by atoms with Crippen molar-refractivity contribution in [1.82, 2.24) is 15.1 Å². The van der Waals surface area contributed by atoms with Gasteiger partial charge in [0.2, 0.25) is 0 Å². The molecule has 0 radical (unpaired) electrons. The fraction of sp³-hybridized carbons (Fsp3) is 0.650. The number of carbonyl (C=O) groups is 1. The van der Waals surface area contributed by atoms with Gasteiger partial charge in [0.15, 0.2) is 11.6 Å². The maximum Gasteiger partial charge on any atom is 0.317 e. The first-order valence-electron chi connectivity index (χ1n) is 9.84. The Morgan fingerprint density at radius 1 is 1.23 bits per heavy atom. The summed E-state index contributed by atoms with van der Waals surface area (Å²) in [4.78, 5) is 17.1. The smallest absolute Gasteiger partial charge is 0.317 e. The molecule has 6 heteroatoms. The molecule has 0 aliphatic carbocycles. The van der Waals surface area contributed by atoms with Crippen LogP contribution in [0.2, 0.25) is 0 Å². The van der Waals surface area contributed by atoms with Gasteiger partial charge in [0.05, 0.1) is 6.04 Å². The van der Waals surface area contributed by atoms with Crippen LogP contribution in [0.5, 0.6) is 0 Å². The van der Waals surface area contributed by atoms with E-state index < -0.39 is 11.6 Å². The van der Waals surface area contributed by atoms with E-state index in [1.165, 1.54) is 0 Å². The van der Waals surface area contributed by atoms with Gasteiger partial charge in [-0.15, -0.1) is 0 Å². The van der Waals surface area contributed by atoms with Gasteiger partial charge in [0, 0.05) is 25.0 Å². The number of hydrogen-bond acceptors (Lipinski definition) is 2. The molecule has 4 aliphatic rings. The first-order chi connectivity index (χ1) is 12.6. The van der Waals surface area contributed by atoms with Crippen molar-refractivity contribution in [3.05, 3.63) is 35.4 Å². The number of rotatable bonds is 4. The Labute approximate surface area is 153 Å². The molecule has 1 N–H and O–H groups in total. The number of nitrogens with zero attached hydrogens (tertiary/aromatic N) is 2. The van der Waals surface area contributed by atoms with Gasteiger partial charge in [-0.2, -0.15) is 0 Å². The van der Waals surface area contributed by atoms with Crippen molar-refractivity contribution in [2.75, 3.05) is 26.2 Å². The number of amides is 2. The summed E-state index contributed by atoms with van der Waals surface area (Å²) in [7, 11) is 0. The number of urea groups is 1. The third kappa shape index (κ3) is 2.88. The molecule has 5 rings (SSSR count). The monoisotopic (exact) mass is 363 g/mol. The summed E-state index contributed by atoms with van der Waals surface area (Å²) in [5.74, 6) is -1.27. The molecule has 4 aliphatic heterocycles. The Morgan fingerprint density at radius 2 is 2.00 bits per heavy atom. The zero-order valence-electron chi connectivity index (χ0n) is 15.3. The lowest BCUT2D eigenvalue weighted by molar-refractivity contribution is 0.00331. The van der Waals surface area contributed by atoms with E-state index in [-0.39, 0.29) is 24.0 Å². The van der Waals surface area contributed by atoms with Crippen molar-refractivity contribution < 1.29 is 13.6 Å². The summed E-state index contributed by atoms with van der Waals surface area (Å²) in [6.45, 7) is 5.19. The normalized spacial score (nSPS) is 32.6. The molecule has 4 nitrogen and oxygen atoms in total. The molecule has 26 heavy (non-hydrogen) atoms. The van der Waals surface area contributed by atoms with Crippen LogP contribution in [-0.2, 0) is 0 Å². The van der Waals surface area contributed by atoms with E-state index in [1.807, 2.05) is 4.90 Å². The van der Waals surface area contributed by atoms with E-state index >= 15 is 0 Å². The van der Waals surface area contributed by atoms with Crippen LogP contribution in [0.4, 0.5) is 13.6 Å². The minimum Gasteiger partial charge on any atom is -0.338 e. The number of likely N-dealkylation sites (tertiary alicyclic amines) is 1. The Kier molecular flexibility index (Phi) is 4.86. The molecule has 142 valence electrons. The Bertz CT molecular complexity index is 675. The lowest BCUT2D eigenvalue weighted by Crippen LogP contribution is -2.61. The molecule has 0 spiro atoms. The van der Waals surface area contributed by atoms with E-state index in [9.17, 15) is 13.6 Å². The molecule has 1 aromatic rings. The highest BCUT2D eigenvalue weighted by Crippen LogP contribution is 2.47. The number of fused-ring (bicyclic) bond motifs is 2. The second kappa shape index (κ2) is 7.14. The highest BCUT2D eigenvalue weighted by Gasteiger charge is 2.55. The quantitative estimate of drug-likeness (QED) is 0.833. The van der Waals surface area contributed by atoms with Crippen molar-refractivity contribution in [2.24, 2.45) is 5.92 Å². The number of benzene rings is 1. The van der Waals surface area contributed by atoms with E-state index in [4.69, 9.17) is 0 Å². The van der Waals surface area contributed by atoms with Crippen LogP contribution in [0.25, 0.3) is 0 Å². The first-order valence-corrected chi connectivity index (χ1v) is 9.84. The van der Waals surface area contributed by atoms with Gasteiger partial charge in [-0.1, -0.05) is 25.5 Å².